The highest BCUT2D eigenvalue weighted by atomic mass is 19.4. The number of rotatable bonds is 5. The molecule has 3 aromatic rings. The van der Waals surface area contributed by atoms with Crippen molar-refractivity contribution in [2.75, 3.05) is 22.9 Å². The number of anilines is 2. The zero-order valence-electron chi connectivity index (χ0n) is 17.8. The smallest absolute Gasteiger partial charge is 0.347 e. The van der Waals surface area contributed by atoms with Crippen LogP contribution in [0, 0.1) is 0 Å². The van der Waals surface area contributed by atoms with Crippen molar-refractivity contribution in [3.05, 3.63) is 77.9 Å². The predicted octanol–water partition coefficient (Wildman–Crippen LogP) is 5.47. The van der Waals surface area contributed by atoms with E-state index in [0.717, 1.165) is 43.6 Å². The molecule has 1 N–H and O–H groups in total. The molecule has 5 nitrogen and oxygen atoms in total. The Kier molecular flexibility index (Phi) is 5.44. The quantitative estimate of drug-likeness (QED) is 0.523. The van der Waals surface area contributed by atoms with Crippen LogP contribution in [-0.4, -0.2) is 30.3 Å². The summed E-state index contributed by atoms with van der Waals surface area (Å²) in [4.78, 5) is 21.4. The first kappa shape index (κ1) is 21.3. The summed E-state index contributed by atoms with van der Waals surface area (Å²) in [5, 5.41) is 2.98. The average Bonchev–Trinajstić information content (AvgIpc) is 3.02. The molecule has 0 spiro atoms. The van der Waals surface area contributed by atoms with Crippen LogP contribution in [0.4, 0.5) is 29.5 Å². The van der Waals surface area contributed by atoms with Crippen LogP contribution in [0.1, 0.15) is 24.0 Å². The second-order valence-corrected chi connectivity index (χ2v) is 8.27. The number of fused-ring (bicyclic) bond motifs is 3. The normalized spacial score (nSPS) is 16.8. The lowest BCUT2D eigenvalue weighted by Gasteiger charge is -2.39. The maximum Gasteiger partial charge on any atom is 0.416 e. The van der Waals surface area contributed by atoms with E-state index in [1.807, 2.05) is 24.3 Å². The summed E-state index contributed by atoms with van der Waals surface area (Å²) >= 11 is 0. The van der Waals surface area contributed by atoms with Crippen LogP contribution < -0.4 is 15.1 Å². The molecule has 2 amide bonds. The van der Waals surface area contributed by atoms with Gasteiger partial charge < -0.3 is 10.2 Å². The number of hydrogen-bond donors (Lipinski definition) is 1. The van der Waals surface area contributed by atoms with Gasteiger partial charge in [-0.05, 0) is 42.7 Å². The Hall–Kier alpha value is -3.55. The van der Waals surface area contributed by atoms with Crippen molar-refractivity contribution < 1.29 is 18.0 Å². The van der Waals surface area contributed by atoms with E-state index >= 15 is 0 Å². The number of hydrogen-bond acceptors (Lipinski definition) is 3. The number of aryl methyl sites for hydroxylation is 1. The second-order valence-electron chi connectivity index (χ2n) is 8.27. The van der Waals surface area contributed by atoms with E-state index < -0.39 is 11.7 Å². The van der Waals surface area contributed by atoms with Crippen molar-refractivity contribution in [2.24, 2.45) is 0 Å². The van der Waals surface area contributed by atoms with Crippen LogP contribution in [0.3, 0.4) is 0 Å². The van der Waals surface area contributed by atoms with Crippen LogP contribution >= 0.6 is 0 Å². The molecule has 170 valence electrons. The lowest BCUT2D eigenvalue weighted by molar-refractivity contribution is -0.137. The third-order valence-corrected chi connectivity index (χ3v) is 6.14. The Morgan fingerprint density at radius 3 is 2.61 bits per heavy atom. The standard InChI is InChI=1S/C25H23F3N4O/c26-25(27,28)19-10-4-9-18(16-19)20-11-12-21-23(30-20)32(22-13-15-31(21)22)24(33)29-14-5-8-17-6-2-1-3-7-17/h1-4,6-7,9-12,16,22H,5,8,13-15H2,(H,29,33). The Morgan fingerprint density at radius 1 is 1.06 bits per heavy atom. The summed E-state index contributed by atoms with van der Waals surface area (Å²) in [6, 6.07) is 18.5. The number of benzene rings is 2. The molecule has 0 aliphatic carbocycles. The Morgan fingerprint density at radius 2 is 1.88 bits per heavy atom. The molecule has 2 aromatic carbocycles. The predicted molar refractivity (Wildman–Crippen MR) is 121 cm³/mol. The second kappa shape index (κ2) is 8.42. The number of nitrogens with zero attached hydrogens (tertiary/aromatic N) is 3. The zero-order valence-corrected chi connectivity index (χ0v) is 17.8. The van der Waals surface area contributed by atoms with Gasteiger partial charge in [0.15, 0.2) is 5.82 Å². The number of alkyl halides is 3. The minimum absolute atomic E-state index is 0.0987. The van der Waals surface area contributed by atoms with E-state index in [1.165, 1.54) is 11.6 Å². The topological polar surface area (TPSA) is 48.5 Å². The Labute approximate surface area is 189 Å². The largest absolute Gasteiger partial charge is 0.416 e. The summed E-state index contributed by atoms with van der Waals surface area (Å²) < 4.78 is 39.4. The molecule has 33 heavy (non-hydrogen) atoms. The molecular weight excluding hydrogens is 429 g/mol. The van der Waals surface area contributed by atoms with Gasteiger partial charge in [0, 0.05) is 25.1 Å². The lowest BCUT2D eigenvalue weighted by Crippen LogP contribution is -2.57. The van der Waals surface area contributed by atoms with Crippen LogP contribution in [0.15, 0.2) is 66.7 Å². The van der Waals surface area contributed by atoms with Gasteiger partial charge >= 0.3 is 12.2 Å². The molecule has 1 unspecified atom stereocenters. The summed E-state index contributed by atoms with van der Waals surface area (Å²) in [5.74, 6) is 0.493. The number of aromatic nitrogens is 1. The molecule has 1 atom stereocenters. The van der Waals surface area contributed by atoms with Crippen LogP contribution in [0.25, 0.3) is 11.3 Å². The minimum Gasteiger partial charge on any atom is -0.347 e. The summed E-state index contributed by atoms with van der Waals surface area (Å²) in [7, 11) is 0. The summed E-state index contributed by atoms with van der Waals surface area (Å²) in [6.07, 6.45) is -2.03. The Bertz CT molecular complexity index is 1170. The fraction of sp³-hybridized carbons (Fsp3) is 0.280. The van der Waals surface area contributed by atoms with E-state index in [9.17, 15) is 18.0 Å². The summed E-state index contributed by atoms with van der Waals surface area (Å²) in [5.41, 5.74) is 2.10. The van der Waals surface area contributed by atoms with Gasteiger partial charge in [0.25, 0.3) is 0 Å². The molecule has 0 saturated carbocycles. The van der Waals surface area contributed by atoms with Crippen molar-refractivity contribution in [2.45, 2.75) is 31.6 Å². The Balaban J connectivity index is 1.33. The molecule has 3 heterocycles. The average molecular weight is 452 g/mol. The van der Waals surface area contributed by atoms with E-state index in [4.69, 9.17) is 0 Å². The number of amides is 2. The number of urea groups is 1. The van der Waals surface area contributed by atoms with Gasteiger partial charge in [0.2, 0.25) is 0 Å². The number of halogens is 3. The van der Waals surface area contributed by atoms with E-state index in [2.05, 4.69) is 27.3 Å². The number of carbonyl (C=O) groups excluding carboxylic acids is 1. The maximum atomic E-state index is 13.1. The zero-order chi connectivity index (χ0) is 23.0. The first-order chi connectivity index (χ1) is 15.9. The van der Waals surface area contributed by atoms with Crippen molar-refractivity contribution in [1.29, 1.82) is 0 Å². The molecule has 1 saturated heterocycles. The van der Waals surface area contributed by atoms with E-state index in [1.54, 1.807) is 17.0 Å². The third kappa shape index (κ3) is 4.13. The van der Waals surface area contributed by atoms with Crippen molar-refractivity contribution >= 4 is 17.5 Å². The molecule has 2 aliphatic rings. The van der Waals surface area contributed by atoms with Crippen LogP contribution in [0.5, 0.6) is 0 Å². The first-order valence-electron chi connectivity index (χ1n) is 11.0. The van der Waals surface area contributed by atoms with Crippen molar-refractivity contribution in [3.8, 4) is 11.3 Å². The first-order valence-corrected chi connectivity index (χ1v) is 11.0. The third-order valence-electron chi connectivity index (χ3n) is 6.14. The minimum atomic E-state index is -4.43. The highest BCUT2D eigenvalue weighted by molar-refractivity contribution is 5.99. The summed E-state index contributed by atoms with van der Waals surface area (Å²) in [6.45, 7) is 1.35. The van der Waals surface area contributed by atoms with Gasteiger partial charge in [-0.1, -0.05) is 42.5 Å². The van der Waals surface area contributed by atoms with Gasteiger partial charge in [-0.2, -0.15) is 13.2 Å². The molecule has 5 rings (SSSR count). The highest BCUT2D eigenvalue weighted by Gasteiger charge is 2.46. The molecular formula is C25H23F3N4O. The fourth-order valence-electron chi connectivity index (χ4n) is 4.37. The van der Waals surface area contributed by atoms with Gasteiger partial charge in [0.1, 0.15) is 6.17 Å². The van der Waals surface area contributed by atoms with Gasteiger partial charge in [-0.3, -0.25) is 4.90 Å². The fourth-order valence-corrected chi connectivity index (χ4v) is 4.37. The van der Waals surface area contributed by atoms with Gasteiger partial charge in [-0.15, -0.1) is 0 Å². The van der Waals surface area contributed by atoms with E-state index in [-0.39, 0.29) is 12.2 Å². The molecule has 8 heteroatoms. The molecule has 1 aromatic heterocycles. The van der Waals surface area contributed by atoms with Crippen LogP contribution in [-0.2, 0) is 12.6 Å². The van der Waals surface area contributed by atoms with Crippen molar-refractivity contribution in [3.63, 3.8) is 0 Å². The molecule has 1 fully saturated rings. The number of pyridine rings is 1. The molecule has 0 bridgehead atoms. The highest BCUT2D eigenvalue weighted by Crippen LogP contribution is 2.45. The van der Waals surface area contributed by atoms with Gasteiger partial charge in [0.05, 0.1) is 16.9 Å². The monoisotopic (exact) mass is 452 g/mol. The van der Waals surface area contributed by atoms with Crippen molar-refractivity contribution in [1.82, 2.24) is 10.3 Å². The SMILES string of the molecule is O=C(NCCCc1ccccc1)N1c2nc(-c3cccc(C(F)(F)F)c3)ccc2N2CCC21. The van der Waals surface area contributed by atoms with E-state index in [0.29, 0.717) is 23.6 Å². The van der Waals surface area contributed by atoms with Crippen LogP contribution in [0.2, 0.25) is 0 Å². The molecule has 2 aliphatic heterocycles. The number of carbonyl (C=O) groups is 1. The molecule has 0 radical (unpaired) electrons. The number of nitrogens with one attached hydrogen (secondary N) is 1. The van der Waals surface area contributed by atoms with Gasteiger partial charge in [-0.25, -0.2) is 9.78 Å². The maximum absolute atomic E-state index is 13.1. The lowest BCUT2D eigenvalue weighted by atomic mass is 10.1.